The highest BCUT2D eigenvalue weighted by atomic mass is 35.5. The second-order valence-electron chi connectivity index (χ2n) is 4.49. The fourth-order valence-electron chi connectivity index (χ4n) is 2.15. The van der Waals surface area contributed by atoms with Gasteiger partial charge in [0.15, 0.2) is 0 Å². The van der Waals surface area contributed by atoms with Crippen LogP contribution in [0.4, 0.5) is 0 Å². The van der Waals surface area contributed by atoms with E-state index in [1.165, 1.54) is 0 Å². The van der Waals surface area contributed by atoms with Crippen molar-refractivity contribution in [2.24, 2.45) is 5.73 Å². The van der Waals surface area contributed by atoms with Crippen LogP contribution in [0.3, 0.4) is 0 Å². The Hall–Kier alpha value is -1.10. The van der Waals surface area contributed by atoms with Crippen molar-refractivity contribution in [1.82, 2.24) is 9.55 Å². The zero-order valence-corrected chi connectivity index (χ0v) is 10.1. The number of aliphatic hydroxyl groups is 1. The number of nitrogens with two attached hydrogens (primary N) is 1. The summed E-state index contributed by atoms with van der Waals surface area (Å²) in [5.74, 6) is 0.757. The van der Waals surface area contributed by atoms with Crippen LogP contribution in [0.1, 0.15) is 30.7 Å². The number of hydrogen-bond donors (Lipinski definition) is 2. The number of fused-ring (bicyclic) bond motifs is 1. The molecule has 1 aliphatic rings. The van der Waals surface area contributed by atoms with Crippen molar-refractivity contribution in [3.8, 4) is 0 Å². The molecule has 90 valence electrons. The van der Waals surface area contributed by atoms with Gasteiger partial charge in [0.1, 0.15) is 5.82 Å². The maximum atomic E-state index is 9.19. The minimum atomic E-state index is -0.429. The molecule has 1 fully saturated rings. The molecule has 1 atom stereocenters. The smallest absolute Gasteiger partial charge is 0.129 e. The number of benzene rings is 1. The van der Waals surface area contributed by atoms with Gasteiger partial charge in [-0.3, -0.25) is 0 Å². The first-order chi connectivity index (χ1) is 8.20. The lowest BCUT2D eigenvalue weighted by atomic mass is 10.3. The van der Waals surface area contributed by atoms with Crippen molar-refractivity contribution in [1.29, 1.82) is 0 Å². The van der Waals surface area contributed by atoms with Crippen LogP contribution in [0.15, 0.2) is 18.2 Å². The SMILES string of the molecule is NC(CO)c1nc2cc(Cl)ccc2n1C1CC1. The average Bonchev–Trinajstić information content (AvgIpc) is 3.09. The van der Waals surface area contributed by atoms with Gasteiger partial charge in [-0.2, -0.15) is 0 Å². The summed E-state index contributed by atoms with van der Waals surface area (Å²) in [7, 11) is 0. The fourth-order valence-corrected chi connectivity index (χ4v) is 2.32. The van der Waals surface area contributed by atoms with Crippen molar-refractivity contribution in [3.05, 3.63) is 29.0 Å². The first-order valence-corrected chi connectivity index (χ1v) is 6.12. The summed E-state index contributed by atoms with van der Waals surface area (Å²) in [6, 6.07) is 5.72. The third-order valence-electron chi connectivity index (χ3n) is 3.12. The third-order valence-corrected chi connectivity index (χ3v) is 3.35. The molecular weight excluding hydrogens is 238 g/mol. The topological polar surface area (TPSA) is 64.1 Å². The van der Waals surface area contributed by atoms with Crippen molar-refractivity contribution in [3.63, 3.8) is 0 Å². The lowest BCUT2D eigenvalue weighted by molar-refractivity contribution is 0.261. The van der Waals surface area contributed by atoms with E-state index in [1.54, 1.807) is 0 Å². The summed E-state index contributed by atoms with van der Waals surface area (Å²) in [5.41, 5.74) is 7.80. The minimum absolute atomic E-state index is 0.0935. The molecule has 3 rings (SSSR count). The van der Waals surface area contributed by atoms with Crippen LogP contribution in [-0.4, -0.2) is 21.3 Å². The summed E-state index contributed by atoms with van der Waals surface area (Å²) in [6.45, 7) is -0.0935. The minimum Gasteiger partial charge on any atom is -0.394 e. The zero-order chi connectivity index (χ0) is 12.0. The molecule has 1 aromatic carbocycles. The van der Waals surface area contributed by atoms with Crippen molar-refractivity contribution < 1.29 is 5.11 Å². The highest BCUT2D eigenvalue weighted by Gasteiger charge is 2.29. The van der Waals surface area contributed by atoms with E-state index in [-0.39, 0.29) is 6.61 Å². The molecule has 0 bridgehead atoms. The highest BCUT2D eigenvalue weighted by molar-refractivity contribution is 6.31. The average molecular weight is 252 g/mol. The molecule has 4 nitrogen and oxygen atoms in total. The maximum absolute atomic E-state index is 9.19. The second kappa shape index (κ2) is 3.98. The maximum Gasteiger partial charge on any atom is 0.129 e. The van der Waals surface area contributed by atoms with Gasteiger partial charge in [-0.25, -0.2) is 4.98 Å². The third kappa shape index (κ3) is 1.82. The molecule has 0 radical (unpaired) electrons. The standard InChI is InChI=1S/C12H14ClN3O/c13-7-1-4-11-10(5-7)15-12(9(14)6-17)16(11)8-2-3-8/h1,4-5,8-9,17H,2-3,6,14H2. The Bertz CT molecular complexity index is 562. The Kier molecular flexibility index (Phi) is 2.58. The zero-order valence-electron chi connectivity index (χ0n) is 9.31. The monoisotopic (exact) mass is 251 g/mol. The number of hydrogen-bond acceptors (Lipinski definition) is 3. The molecule has 1 unspecified atom stereocenters. The number of aromatic nitrogens is 2. The van der Waals surface area contributed by atoms with Gasteiger partial charge < -0.3 is 15.4 Å². The van der Waals surface area contributed by atoms with Crippen LogP contribution < -0.4 is 5.73 Å². The van der Waals surface area contributed by atoms with Crippen molar-refractivity contribution in [2.75, 3.05) is 6.61 Å². The first kappa shape index (κ1) is 11.0. The number of rotatable bonds is 3. The molecule has 0 spiro atoms. The molecular formula is C12H14ClN3O. The van der Waals surface area contributed by atoms with Crippen LogP contribution in [0.2, 0.25) is 5.02 Å². The van der Waals surface area contributed by atoms with Crippen LogP contribution >= 0.6 is 11.6 Å². The van der Waals surface area contributed by atoms with E-state index in [1.807, 2.05) is 18.2 Å². The lowest BCUT2D eigenvalue weighted by Gasteiger charge is -2.11. The predicted octanol–water partition coefficient (Wildman–Crippen LogP) is 2.02. The quantitative estimate of drug-likeness (QED) is 0.877. The highest BCUT2D eigenvalue weighted by Crippen LogP contribution is 2.39. The largest absolute Gasteiger partial charge is 0.394 e. The van der Waals surface area contributed by atoms with Gasteiger partial charge in [0.05, 0.1) is 23.7 Å². The Morgan fingerprint density at radius 2 is 2.29 bits per heavy atom. The van der Waals surface area contributed by atoms with Crippen LogP contribution in [0.5, 0.6) is 0 Å². The van der Waals surface area contributed by atoms with E-state index in [0.717, 1.165) is 29.7 Å². The van der Waals surface area contributed by atoms with E-state index in [0.29, 0.717) is 11.1 Å². The van der Waals surface area contributed by atoms with Crippen molar-refractivity contribution in [2.45, 2.75) is 24.9 Å². The summed E-state index contributed by atoms with van der Waals surface area (Å²) < 4.78 is 2.15. The Balaban J connectivity index is 2.22. The summed E-state index contributed by atoms with van der Waals surface area (Å²) in [4.78, 5) is 4.50. The lowest BCUT2D eigenvalue weighted by Crippen LogP contribution is -2.19. The molecule has 3 N–H and O–H groups in total. The van der Waals surface area contributed by atoms with Gasteiger partial charge in [-0.15, -0.1) is 0 Å². The van der Waals surface area contributed by atoms with E-state index in [2.05, 4.69) is 9.55 Å². The number of nitrogens with zero attached hydrogens (tertiary/aromatic N) is 2. The van der Waals surface area contributed by atoms with E-state index in [9.17, 15) is 5.11 Å². The molecule has 2 aromatic rings. The molecule has 1 heterocycles. The second-order valence-corrected chi connectivity index (χ2v) is 4.93. The molecule has 0 saturated heterocycles. The Morgan fingerprint density at radius 1 is 1.53 bits per heavy atom. The fraction of sp³-hybridized carbons (Fsp3) is 0.417. The molecule has 1 aromatic heterocycles. The van der Waals surface area contributed by atoms with Crippen molar-refractivity contribution >= 4 is 22.6 Å². The van der Waals surface area contributed by atoms with Crippen LogP contribution in [0, 0.1) is 0 Å². The van der Waals surface area contributed by atoms with Gasteiger partial charge >= 0.3 is 0 Å². The van der Waals surface area contributed by atoms with Gasteiger partial charge in [0, 0.05) is 11.1 Å². The number of aliphatic hydroxyl groups excluding tert-OH is 1. The van der Waals surface area contributed by atoms with E-state index >= 15 is 0 Å². The van der Waals surface area contributed by atoms with E-state index in [4.69, 9.17) is 17.3 Å². The molecule has 5 heteroatoms. The normalized spacial score (nSPS) is 17.6. The molecule has 1 saturated carbocycles. The van der Waals surface area contributed by atoms with E-state index < -0.39 is 6.04 Å². The van der Waals surface area contributed by atoms with Gasteiger partial charge in [0.2, 0.25) is 0 Å². The number of halogens is 1. The summed E-state index contributed by atoms with van der Waals surface area (Å²) in [6.07, 6.45) is 2.30. The van der Waals surface area contributed by atoms with Gasteiger partial charge in [-0.05, 0) is 31.0 Å². The molecule has 1 aliphatic carbocycles. The summed E-state index contributed by atoms with van der Waals surface area (Å²) >= 11 is 5.96. The van der Waals surface area contributed by atoms with Crippen LogP contribution in [-0.2, 0) is 0 Å². The molecule has 0 aliphatic heterocycles. The van der Waals surface area contributed by atoms with Gasteiger partial charge in [-0.1, -0.05) is 11.6 Å². The Labute approximate surface area is 104 Å². The first-order valence-electron chi connectivity index (χ1n) is 5.74. The van der Waals surface area contributed by atoms with Gasteiger partial charge in [0.25, 0.3) is 0 Å². The summed E-state index contributed by atoms with van der Waals surface area (Å²) in [5, 5.41) is 9.86. The molecule has 17 heavy (non-hydrogen) atoms. The molecule has 0 amide bonds. The van der Waals surface area contributed by atoms with Crippen LogP contribution in [0.25, 0.3) is 11.0 Å². The predicted molar refractivity (Wildman–Crippen MR) is 67.0 cm³/mol. The number of imidazole rings is 1. The Morgan fingerprint density at radius 3 is 2.94 bits per heavy atom.